The zero-order chi connectivity index (χ0) is 9.98. The minimum atomic E-state index is 0. The Morgan fingerprint density at radius 1 is 0.812 bits per heavy atom. The maximum Gasteiger partial charge on any atom is 0.132 e. The first-order valence-electron chi connectivity index (χ1n) is 4.59. The van der Waals surface area contributed by atoms with Gasteiger partial charge in [-0.3, -0.25) is 4.79 Å². The number of carbonyl (C=O) groups is 2. The minimum Gasteiger partial charge on any atom is -0.300 e. The summed E-state index contributed by atoms with van der Waals surface area (Å²) in [7, 11) is 0. The molecule has 0 radical (unpaired) electrons. The van der Waals surface area contributed by atoms with Gasteiger partial charge in [0.15, 0.2) is 0 Å². The van der Waals surface area contributed by atoms with E-state index in [4.69, 9.17) is 0 Å². The molecule has 0 spiro atoms. The van der Waals surface area contributed by atoms with Gasteiger partial charge < -0.3 is 4.79 Å². The highest BCUT2D eigenvalue weighted by Crippen LogP contribution is 1.84. The molecule has 0 fully saturated rings. The molecule has 0 saturated carbocycles. The summed E-state index contributed by atoms with van der Waals surface area (Å²) in [6.45, 7) is 7.38. The molecule has 0 amide bonds. The van der Waals surface area contributed by atoms with Gasteiger partial charge in [0.05, 0.1) is 0 Å². The van der Waals surface area contributed by atoms with Crippen molar-refractivity contribution in [3.05, 3.63) is 0 Å². The molecule has 2 nitrogen and oxygen atoms in total. The zero-order valence-corrected chi connectivity index (χ0v) is 8.64. The van der Waals surface area contributed by atoms with Crippen molar-refractivity contribution in [1.29, 1.82) is 0 Å². The maximum absolute atomic E-state index is 10.2. The molecule has 0 bridgehead atoms. The van der Waals surface area contributed by atoms with E-state index in [1.165, 1.54) is 0 Å². The van der Waals surface area contributed by atoms with Gasteiger partial charge in [0.25, 0.3) is 0 Å². The highest BCUT2D eigenvalue weighted by molar-refractivity contribution is 5.77. The lowest BCUT2D eigenvalue weighted by molar-refractivity contribution is -0.118. The summed E-state index contributed by atoms with van der Waals surface area (Å²) >= 11 is 0. The third kappa shape index (κ3) is 50.5. The average Bonchev–Trinajstić information content (AvgIpc) is 2.04. The van der Waals surface area contributed by atoms with E-state index in [-0.39, 0.29) is 35.5 Å². The van der Waals surface area contributed by atoms with Crippen molar-refractivity contribution in [2.75, 3.05) is 0 Å². The number of hydrogen-bond acceptors (Lipinski definition) is 2. The van der Waals surface area contributed by atoms with Gasteiger partial charge in [-0.05, 0) is 13.3 Å². The van der Waals surface area contributed by atoms with Crippen LogP contribution in [0.5, 0.6) is 0 Å². The molecule has 0 aromatic carbocycles. The van der Waals surface area contributed by atoms with Gasteiger partial charge in [0.1, 0.15) is 11.6 Å². The molecule has 0 aliphatic carbocycles. The fourth-order valence-corrected chi connectivity index (χ4v) is 0.602. The molecule has 0 saturated heterocycles. The number of ketones is 2. The number of carbonyl (C=O) groups excluding carboxylic acids is 2. The SMILES string of the molecule is C.C.C.C.CCC(=O)CC.CCCC(C)=O. The molecular weight excluding hydrogens is 200 g/mol. The lowest BCUT2D eigenvalue weighted by Crippen LogP contribution is -1.88. The standard InChI is InChI=1S/2C5H10O.4CH4/c1-3-4-5(2)6;1-3-5(6)4-2;;;;/h2*3-4H2,1-2H3;4*1H4. The summed E-state index contributed by atoms with van der Waals surface area (Å²) in [5.41, 5.74) is 0. The molecule has 104 valence electrons. The summed E-state index contributed by atoms with van der Waals surface area (Å²) in [6, 6.07) is 0. The number of hydrogen-bond donors (Lipinski definition) is 0. The van der Waals surface area contributed by atoms with Crippen LogP contribution < -0.4 is 0 Å². The first-order chi connectivity index (χ1) is 5.58. The highest BCUT2D eigenvalue weighted by Gasteiger charge is 1.86. The van der Waals surface area contributed by atoms with Gasteiger partial charge in [0.2, 0.25) is 0 Å². The number of Topliss-reactive ketones (excluding diaryl/α,β-unsaturated/α-hetero) is 2. The van der Waals surface area contributed by atoms with Gasteiger partial charge in [-0.2, -0.15) is 0 Å². The molecule has 0 heterocycles. The topological polar surface area (TPSA) is 34.1 Å². The molecule has 0 unspecified atom stereocenters. The molecular formula is C14H36O2. The van der Waals surface area contributed by atoms with Crippen molar-refractivity contribution in [1.82, 2.24) is 0 Å². The molecule has 0 atom stereocenters. The van der Waals surface area contributed by atoms with E-state index in [0.29, 0.717) is 18.6 Å². The van der Waals surface area contributed by atoms with Crippen molar-refractivity contribution < 1.29 is 9.59 Å². The van der Waals surface area contributed by atoms with Crippen LogP contribution in [0, 0.1) is 0 Å². The van der Waals surface area contributed by atoms with Crippen LogP contribution in [0.1, 0.15) is 83.1 Å². The number of rotatable bonds is 4. The molecule has 2 heteroatoms. The van der Waals surface area contributed by atoms with Crippen molar-refractivity contribution in [2.24, 2.45) is 0 Å². The average molecular weight is 236 g/mol. The van der Waals surface area contributed by atoms with E-state index in [0.717, 1.165) is 12.8 Å². The van der Waals surface area contributed by atoms with Crippen LogP contribution in [0.4, 0.5) is 0 Å². The van der Waals surface area contributed by atoms with Crippen LogP contribution in [0.2, 0.25) is 0 Å². The van der Waals surface area contributed by atoms with Crippen LogP contribution in [-0.4, -0.2) is 11.6 Å². The molecule has 16 heavy (non-hydrogen) atoms. The summed E-state index contributed by atoms with van der Waals surface area (Å²) < 4.78 is 0. The molecule has 0 aliphatic rings. The Labute approximate surface area is 105 Å². The molecule has 0 rings (SSSR count). The predicted molar refractivity (Wildman–Crippen MR) is 78.1 cm³/mol. The van der Waals surface area contributed by atoms with Gasteiger partial charge in [-0.1, -0.05) is 50.5 Å². The van der Waals surface area contributed by atoms with Crippen LogP contribution in [0.15, 0.2) is 0 Å². The van der Waals surface area contributed by atoms with E-state index in [1.807, 2.05) is 20.8 Å². The summed E-state index contributed by atoms with van der Waals surface area (Å²) in [4.78, 5) is 20.2. The third-order valence-corrected chi connectivity index (χ3v) is 1.39. The second-order valence-electron chi connectivity index (χ2n) is 2.70. The van der Waals surface area contributed by atoms with Gasteiger partial charge in [-0.25, -0.2) is 0 Å². The summed E-state index contributed by atoms with van der Waals surface area (Å²) in [6.07, 6.45) is 3.10. The minimum absolute atomic E-state index is 0. The Morgan fingerprint density at radius 3 is 1.12 bits per heavy atom. The Morgan fingerprint density at radius 2 is 1.12 bits per heavy atom. The van der Waals surface area contributed by atoms with Gasteiger partial charge in [-0.15, -0.1) is 0 Å². The maximum atomic E-state index is 10.2. The zero-order valence-electron chi connectivity index (χ0n) is 8.64. The van der Waals surface area contributed by atoms with Crippen molar-refractivity contribution in [3.8, 4) is 0 Å². The van der Waals surface area contributed by atoms with E-state index < -0.39 is 0 Å². The first-order valence-corrected chi connectivity index (χ1v) is 4.59. The quantitative estimate of drug-likeness (QED) is 0.664. The fraction of sp³-hybridized carbons (Fsp3) is 0.857. The molecule has 0 aliphatic heterocycles. The first kappa shape index (κ1) is 36.2. The monoisotopic (exact) mass is 236 g/mol. The fourth-order valence-electron chi connectivity index (χ4n) is 0.602. The molecule has 0 aromatic rings. The molecule has 0 N–H and O–H groups in total. The lowest BCUT2D eigenvalue weighted by Gasteiger charge is -1.81. The van der Waals surface area contributed by atoms with Crippen LogP contribution in [0.3, 0.4) is 0 Å². The summed E-state index contributed by atoms with van der Waals surface area (Å²) in [5.74, 6) is 0.632. The lowest BCUT2D eigenvalue weighted by atomic mass is 10.3. The largest absolute Gasteiger partial charge is 0.300 e. The highest BCUT2D eigenvalue weighted by atomic mass is 16.1. The van der Waals surface area contributed by atoms with Crippen molar-refractivity contribution in [3.63, 3.8) is 0 Å². The third-order valence-electron chi connectivity index (χ3n) is 1.39. The summed E-state index contributed by atoms with van der Waals surface area (Å²) in [5, 5.41) is 0. The van der Waals surface area contributed by atoms with E-state index in [2.05, 4.69) is 0 Å². The van der Waals surface area contributed by atoms with Crippen molar-refractivity contribution >= 4 is 11.6 Å². The Hall–Kier alpha value is -0.660. The van der Waals surface area contributed by atoms with E-state index in [1.54, 1.807) is 6.92 Å². The smallest absolute Gasteiger partial charge is 0.132 e. The second kappa shape index (κ2) is 29.3. The van der Waals surface area contributed by atoms with Gasteiger partial charge in [0, 0.05) is 19.3 Å². The van der Waals surface area contributed by atoms with E-state index in [9.17, 15) is 9.59 Å². The predicted octanol–water partition coefficient (Wildman–Crippen LogP) is 5.30. The molecule has 0 aromatic heterocycles. The van der Waals surface area contributed by atoms with Crippen LogP contribution in [-0.2, 0) is 9.59 Å². The Bertz CT molecular complexity index is 123. The van der Waals surface area contributed by atoms with E-state index >= 15 is 0 Å². The Kier molecular flexibility index (Phi) is 66.1. The van der Waals surface area contributed by atoms with Crippen molar-refractivity contribution in [2.45, 2.75) is 83.1 Å². The van der Waals surface area contributed by atoms with Crippen LogP contribution >= 0.6 is 0 Å². The Balaban J connectivity index is -0.0000000250. The van der Waals surface area contributed by atoms with Crippen LogP contribution in [0.25, 0.3) is 0 Å². The normalized spacial score (nSPS) is 6.25. The second-order valence-corrected chi connectivity index (χ2v) is 2.70. The van der Waals surface area contributed by atoms with Gasteiger partial charge >= 0.3 is 0 Å².